The van der Waals surface area contributed by atoms with E-state index in [1.54, 1.807) is 24.3 Å². The van der Waals surface area contributed by atoms with Crippen molar-refractivity contribution in [3.8, 4) is 0 Å². The van der Waals surface area contributed by atoms with Crippen LogP contribution in [0.1, 0.15) is 28.8 Å². The van der Waals surface area contributed by atoms with Gasteiger partial charge in [0, 0.05) is 18.7 Å². The van der Waals surface area contributed by atoms with E-state index in [-0.39, 0.29) is 17.6 Å². The number of amides is 1. The molecule has 1 aliphatic rings. The summed E-state index contributed by atoms with van der Waals surface area (Å²) in [6.45, 7) is 3.20. The minimum absolute atomic E-state index is 0.0352. The van der Waals surface area contributed by atoms with Crippen LogP contribution in [0.25, 0.3) is 0 Å². The summed E-state index contributed by atoms with van der Waals surface area (Å²) in [5.74, 6) is 0.295. The molecule has 2 aromatic rings. The topological polar surface area (TPSA) is 54.5 Å². The van der Waals surface area contributed by atoms with Crippen molar-refractivity contribution in [3.05, 3.63) is 65.7 Å². The maximum atomic E-state index is 12.6. The van der Waals surface area contributed by atoms with Gasteiger partial charge in [0.2, 0.25) is 0 Å². The van der Waals surface area contributed by atoms with Gasteiger partial charge in [0.1, 0.15) is 0 Å². The smallest absolute Gasteiger partial charge is 0.253 e. The maximum absolute atomic E-state index is 12.6. The largest absolute Gasteiger partial charge is 0.339 e. The second kappa shape index (κ2) is 7.40. The van der Waals surface area contributed by atoms with Crippen LogP contribution in [0.4, 0.5) is 0 Å². The SMILES string of the molecule is Cc1cccc(C(=O)N2CCC(CS(=O)(=O)c3ccccc3)CC2)c1. The summed E-state index contributed by atoms with van der Waals surface area (Å²) in [5.41, 5.74) is 1.77. The van der Waals surface area contributed by atoms with Gasteiger partial charge in [0.15, 0.2) is 9.84 Å². The molecule has 1 saturated heterocycles. The molecule has 0 atom stereocenters. The molecule has 25 heavy (non-hydrogen) atoms. The Kier molecular flexibility index (Phi) is 5.23. The summed E-state index contributed by atoms with van der Waals surface area (Å²) in [5, 5.41) is 0. The van der Waals surface area contributed by atoms with Gasteiger partial charge in [-0.05, 0) is 49.9 Å². The number of sulfone groups is 1. The van der Waals surface area contributed by atoms with Crippen LogP contribution < -0.4 is 0 Å². The number of rotatable bonds is 4. The summed E-state index contributed by atoms with van der Waals surface area (Å²) in [7, 11) is -3.26. The Balaban J connectivity index is 1.60. The molecule has 2 aromatic carbocycles. The van der Waals surface area contributed by atoms with E-state index in [0.717, 1.165) is 18.4 Å². The van der Waals surface area contributed by atoms with Crippen LogP contribution >= 0.6 is 0 Å². The van der Waals surface area contributed by atoms with Gasteiger partial charge < -0.3 is 4.90 Å². The van der Waals surface area contributed by atoms with Gasteiger partial charge in [0.25, 0.3) is 5.91 Å². The summed E-state index contributed by atoms with van der Waals surface area (Å²) >= 11 is 0. The van der Waals surface area contributed by atoms with Crippen molar-refractivity contribution in [1.82, 2.24) is 4.90 Å². The van der Waals surface area contributed by atoms with Crippen molar-refractivity contribution in [2.75, 3.05) is 18.8 Å². The molecule has 1 fully saturated rings. The maximum Gasteiger partial charge on any atom is 0.253 e. The molecule has 5 heteroatoms. The van der Waals surface area contributed by atoms with E-state index in [0.29, 0.717) is 23.5 Å². The molecule has 4 nitrogen and oxygen atoms in total. The lowest BCUT2D eigenvalue weighted by atomic mass is 9.98. The van der Waals surface area contributed by atoms with Gasteiger partial charge >= 0.3 is 0 Å². The molecule has 1 amide bonds. The van der Waals surface area contributed by atoms with E-state index in [1.165, 1.54) is 0 Å². The first kappa shape index (κ1) is 17.7. The second-order valence-corrected chi connectivity index (χ2v) is 8.73. The molecule has 0 aromatic heterocycles. The molecule has 3 rings (SSSR count). The lowest BCUT2D eigenvalue weighted by molar-refractivity contribution is 0.0698. The van der Waals surface area contributed by atoms with Gasteiger partial charge in [-0.2, -0.15) is 0 Å². The summed E-state index contributed by atoms with van der Waals surface area (Å²) in [6.07, 6.45) is 1.45. The van der Waals surface area contributed by atoms with Gasteiger partial charge in [-0.1, -0.05) is 35.9 Å². The third-order valence-corrected chi connectivity index (χ3v) is 6.62. The fourth-order valence-corrected chi connectivity index (χ4v) is 5.02. The molecular formula is C20H23NO3S. The predicted molar refractivity (Wildman–Crippen MR) is 98.3 cm³/mol. The van der Waals surface area contributed by atoms with Crippen molar-refractivity contribution < 1.29 is 13.2 Å². The Morgan fingerprint density at radius 3 is 2.36 bits per heavy atom. The Morgan fingerprint density at radius 1 is 1.04 bits per heavy atom. The fourth-order valence-electron chi connectivity index (χ4n) is 3.30. The highest BCUT2D eigenvalue weighted by Crippen LogP contribution is 2.23. The van der Waals surface area contributed by atoms with E-state index in [4.69, 9.17) is 0 Å². The van der Waals surface area contributed by atoms with Crippen molar-refractivity contribution in [2.45, 2.75) is 24.7 Å². The summed E-state index contributed by atoms with van der Waals surface area (Å²) < 4.78 is 25.0. The number of hydrogen-bond donors (Lipinski definition) is 0. The molecule has 0 N–H and O–H groups in total. The van der Waals surface area contributed by atoms with Gasteiger partial charge in [-0.3, -0.25) is 4.79 Å². The first-order valence-corrected chi connectivity index (χ1v) is 10.2. The van der Waals surface area contributed by atoms with Gasteiger partial charge in [-0.25, -0.2) is 8.42 Å². The third kappa shape index (κ3) is 4.28. The Labute approximate surface area is 149 Å². The Hall–Kier alpha value is -2.14. The number of piperidine rings is 1. The highest BCUT2D eigenvalue weighted by Gasteiger charge is 2.27. The molecule has 0 unspecified atom stereocenters. The monoisotopic (exact) mass is 357 g/mol. The minimum Gasteiger partial charge on any atom is -0.339 e. The molecule has 0 radical (unpaired) electrons. The molecule has 0 bridgehead atoms. The van der Waals surface area contributed by atoms with Crippen molar-refractivity contribution >= 4 is 15.7 Å². The summed E-state index contributed by atoms with van der Waals surface area (Å²) in [6, 6.07) is 16.2. The van der Waals surface area contributed by atoms with Crippen LogP contribution in [-0.4, -0.2) is 38.1 Å². The molecule has 132 valence electrons. The zero-order valence-corrected chi connectivity index (χ0v) is 15.2. The molecule has 0 spiro atoms. The highest BCUT2D eigenvalue weighted by molar-refractivity contribution is 7.91. The molecule has 1 heterocycles. The van der Waals surface area contributed by atoms with E-state index >= 15 is 0 Å². The average Bonchev–Trinajstić information content (AvgIpc) is 2.62. The Bertz CT molecular complexity index is 838. The first-order valence-electron chi connectivity index (χ1n) is 8.59. The Morgan fingerprint density at radius 2 is 1.72 bits per heavy atom. The van der Waals surface area contributed by atoms with Crippen LogP contribution in [0.2, 0.25) is 0 Å². The number of likely N-dealkylation sites (tertiary alicyclic amines) is 1. The van der Waals surface area contributed by atoms with E-state index in [9.17, 15) is 13.2 Å². The van der Waals surface area contributed by atoms with Crippen molar-refractivity contribution in [2.24, 2.45) is 5.92 Å². The molecular weight excluding hydrogens is 334 g/mol. The predicted octanol–water partition coefficient (Wildman–Crippen LogP) is 3.32. The van der Waals surface area contributed by atoms with Crippen molar-refractivity contribution in [3.63, 3.8) is 0 Å². The average molecular weight is 357 g/mol. The molecule has 1 aliphatic heterocycles. The van der Waals surface area contributed by atoms with Crippen LogP contribution in [0, 0.1) is 12.8 Å². The van der Waals surface area contributed by atoms with Crippen LogP contribution in [0.5, 0.6) is 0 Å². The van der Waals surface area contributed by atoms with Gasteiger partial charge in [0.05, 0.1) is 10.6 Å². The molecule has 0 saturated carbocycles. The lowest BCUT2D eigenvalue weighted by Crippen LogP contribution is -2.40. The first-order chi connectivity index (χ1) is 12.0. The number of carbonyl (C=O) groups excluding carboxylic acids is 1. The minimum atomic E-state index is -3.26. The highest BCUT2D eigenvalue weighted by atomic mass is 32.2. The van der Waals surface area contributed by atoms with Crippen LogP contribution in [0.15, 0.2) is 59.5 Å². The normalized spacial score (nSPS) is 16.0. The van der Waals surface area contributed by atoms with E-state index in [2.05, 4.69) is 0 Å². The zero-order valence-electron chi connectivity index (χ0n) is 14.4. The number of carbonyl (C=O) groups is 1. The number of hydrogen-bond acceptors (Lipinski definition) is 3. The van der Waals surface area contributed by atoms with Gasteiger partial charge in [-0.15, -0.1) is 0 Å². The van der Waals surface area contributed by atoms with Crippen LogP contribution in [-0.2, 0) is 9.84 Å². The van der Waals surface area contributed by atoms with Crippen molar-refractivity contribution in [1.29, 1.82) is 0 Å². The summed E-state index contributed by atoms with van der Waals surface area (Å²) in [4.78, 5) is 14.8. The molecule has 0 aliphatic carbocycles. The number of aryl methyl sites for hydroxylation is 1. The standard InChI is InChI=1S/C20H23NO3S/c1-16-6-5-7-18(14-16)20(22)21-12-10-17(11-13-21)15-25(23,24)19-8-3-2-4-9-19/h2-9,14,17H,10-13,15H2,1H3. The third-order valence-electron chi connectivity index (χ3n) is 4.72. The lowest BCUT2D eigenvalue weighted by Gasteiger charge is -2.32. The van der Waals surface area contributed by atoms with E-state index in [1.807, 2.05) is 42.2 Å². The second-order valence-electron chi connectivity index (χ2n) is 6.70. The number of nitrogens with zero attached hydrogens (tertiary/aromatic N) is 1. The number of benzene rings is 2. The van der Waals surface area contributed by atoms with E-state index < -0.39 is 9.84 Å². The quantitative estimate of drug-likeness (QED) is 0.843. The van der Waals surface area contributed by atoms with Crippen LogP contribution in [0.3, 0.4) is 0 Å². The zero-order chi connectivity index (χ0) is 17.9. The fraction of sp³-hybridized carbons (Fsp3) is 0.350.